The molecule has 0 aliphatic carbocycles. The number of carboxylic acid groups (broad SMARTS) is 1. The highest BCUT2D eigenvalue weighted by Gasteiger charge is 2.08. The van der Waals surface area contributed by atoms with Crippen LogP contribution in [-0.2, 0) is 9.59 Å². The lowest BCUT2D eigenvalue weighted by atomic mass is 10.1. The van der Waals surface area contributed by atoms with Crippen molar-refractivity contribution in [1.29, 1.82) is 0 Å². The maximum atomic E-state index is 11.2. The third-order valence-electron chi connectivity index (χ3n) is 2.06. The number of urea groups is 1. The van der Waals surface area contributed by atoms with Crippen LogP contribution in [0, 0.1) is 5.92 Å². The van der Waals surface area contributed by atoms with E-state index in [1.165, 1.54) is 0 Å². The number of carbonyl (C=O) groups is 3. The van der Waals surface area contributed by atoms with Gasteiger partial charge in [0.25, 0.3) is 0 Å². The van der Waals surface area contributed by atoms with Gasteiger partial charge in [-0.25, -0.2) is 4.79 Å². The van der Waals surface area contributed by atoms with E-state index in [0.29, 0.717) is 12.5 Å². The molecule has 0 heterocycles. The zero-order valence-corrected chi connectivity index (χ0v) is 10.3. The molecule has 98 valence electrons. The minimum Gasteiger partial charge on any atom is -0.481 e. The summed E-state index contributed by atoms with van der Waals surface area (Å²) >= 11 is 0. The van der Waals surface area contributed by atoms with E-state index in [4.69, 9.17) is 5.11 Å². The average molecular weight is 244 g/mol. The van der Waals surface area contributed by atoms with Crippen LogP contribution in [0.25, 0.3) is 0 Å². The molecule has 6 nitrogen and oxygen atoms in total. The number of rotatable bonds is 7. The fourth-order valence-corrected chi connectivity index (χ4v) is 1.17. The summed E-state index contributed by atoms with van der Waals surface area (Å²) in [5.74, 6) is -1.05. The van der Waals surface area contributed by atoms with Crippen LogP contribution in [0.1, 0.15) is 39.5 Å². The Morgan fingerprint density at radius 3 is 2.35 bits per heavy atom. The maximum absolute atomic E-state index is 11.2. The second-order valence-corrected chi connectivity index (χ2v) is 4.23. The molecular formula is C11H20N2O4. The number of hydrogen-bond acceptors (Lipinski definition) is 3. The summed E-state index contributed by atoms with van der Waals surface area (Å²) in [6.45, 7) is 4.70. The van der Waals surface area contributed by atoms with Crippen molar-refractivity contribution in [3.63, 3.8) is 0 Å². The molecule has 0 fully saturated rings. The van der Waals surface area contributed by atoms with Crippen LogP contribution in [0.3, 0.4) is 0 Å². The number of nitrogens with one attached hydrogen (secondary N) is 2. The van der Waals surface area contributed by atoms with Crippen LogP contribution in [0.4, 0.5) is 4.79 Å². The smallest absolute Gasteiger partial charge is 0.321 e. The molecule has 0 saturated heterocycles. The molecule has 6 heteroatoms. The molecule has 0 aromatic carbocycles. The van der Waals surface area contributed by atoms with Gasteiger partial charge in [-0.05, 0) is 18.8 Å². The Hall–Kier alpha value is -1.59. The Morgan fingerprint density at radius 1 is 1.18 bits per heavy atom. The Bertz CT molecular complexity index is 277. The highest BCUT2D eigenvalue weighted by atomic mass is 16.4. The zero-order chi connectivity index (χ0) is 13.3. The zero-order valence-electron chi connectivity index (χ0n) is 10.3. The molecule has 0 aliphatic rings. The molecular weight excluding hydrogens is 224 g/mol. The van der Waals surface area contributed by atoms with Crippen LogP contribution < -0.4 is 10.6 Å². The van der Waals surface area contributed by atoms with Crippen molar-refractivity contribution in [3.05, 3.63) is 0 Å². The van der Waals surface area contributed by atoms with E-state index in [9.17, 15) is 14.4 Å². The predicted molar refractivity (Wildman–Crippen MR) is 62.5 cm³/mol. The molecule has 0 bridgehead atoms. The minimum atomic E-state index is -1.06. The lowest BCUT2D eigenvalue weighted by Gasteiger charge is -2.07. The number of carbonyl (C=O) groups excluding carboxylic acids is 2. The van der Waals surface area contributed by atoms with Crippen LogP contribution in [0.5, 0.6) is 0 Å². The van der Waals surface area contributed by atoms with E-state index in [1.807, 2.05) is 0 Å². The minimum absolute atomic E-state index is 0.186. The van der Waals surface area contributed by atoms with Gasteiger partial charge in [0.15, 0.2) is 0 Å². The Labute approximate surface area is 101 Å². The number of hydrogen-bond donors (Lipinski definition) is 3. The third kappa shape index (κ3) is 10.7. The van der Waals surface area contributed by atoms with Crippen molar-refractivity contribution >= 4 is 17.9 Å². The summed E-state index contributed by atoms with van der Waals surface area (Å²) in [6.07, 6.45) is 1.41. The fourth-order valence-electron chi connectivity index (χ4n) is 1.17. The summed E-state index contributed by atoms with van der Waals surface area (Å²) in [5, 5.41) is 13.0. The van der Waals surface area contributed by atoms with Gasteiger partial charge < -0.3 is 10.4 Å². The van der Waals surface area contributed by atoms with Crippen LogP contribution >= 0.6 is 0 Å². The molecule has 0 aromatic rings. The Morgan fingerprint density at radius 2 is 1.82 bits per heavy atom. The predicted octanol–water partition coefficient (Wildman–Crippen LogP) is 1.11. The van der Waals surface area contributed by atoms with Gasteiger partial charge in [-0.15, -0.1) is 0 Å². The third-order valence-corrected chi connectivity index (χ3v) is 2.06. The topological polar surface area (TPSA) is 95.5 Å². The highest BCUT2D eigenvalue weighted by Crippen LogP contribution is 2.01. The summed E-state index contributed by atoms with van der Waals surface area (Å²) in [6, 6.07) is -0.566. The molecule has 3 amide bonds. The second-order valence-electron chi connectivity index (χ2n) is 4.23. The van der Waals surface area contributed by atoms with Crippen LogP contribution in [0.15, 0.2) is 0 Å². The van der Waals surface area contributed by atoms with Crippen molar-refractivity contribution in [3.8, 4) is 0 Å². The molecule has 0 unspecified atom stereocenters. The van der Waals surface area contributed by atoms with Crippen molar-refractivity contribution in [2.24, 2.45) is 5.92 Å². The van der Waals surface area contributed by atoms with E-state index in [0.717, 1.165) is 12.8 Å². The fraction of sp³-hybridized carbons (Fsp3) is 0.727. The van der Waals surface area contributed by atoms with E-state index in [-0.39, 0.29) is 12.8 Å². The van der Waals surface area contributed by atoms with E-state index >= 15 is 0 Å². The number of carboxylic acids is 1. The van der Waals surface area contributed by atoms with Crippen molar-refractivity contribution < 1.29 is 19.5 Å². The molecule has 0 radical (unpaired) electrons. The van der Waals surface area contributed by atoms with Gasteiger partial charge in [0, 0.05) is 13.0 Å². The van der Waals surface area contributed by atoms with E-state index in [1.54, 1.807) is 0 Å². The summed E-state index contributed by atoms with van der Waals surface area (Å²) in [5.41, 5.74) is 0. The van der Waals surface area contributed by atoms with Crippen molar-refractivity contribution in [1.82, 2.24) is 10.6 Å². The standard InChI is InChI=1S/C11H20N2O4/c1-8(2)4-3-7-12-11(17)13-9(14)5-6-10(15)16/h8H,3-7H2,1-2H3,(H,15,16)(H2,12,13,14,17). The first-order valence-electron chi connectivity index (χ1n) is 5.71. The number of amides is 3. The quantitative estimate of drug-likeness (QED) is 0.585. The van der Waals surface area contributed by atoms with Gasteiger partial charge in [0.1, 0.15) is 0 Å². The van der Waals surface area contributed by atoms with Crippen LogP contribution in [0.2, 0.25) is 0 Å². The molecule has 0 spiro atoms. The molecule has 0 aliphatic heterocycles. The number of imide groups is 1. The van der Waals surface area contributed by atoms with Crippen molar-refractivity contribution in [2.45, 2.75) is 39.5 Å². The van der Waals surface area contributed by atoms with Crippen LogP contribution in [-0.4, -0.2) is 29.6 Å². The maximum Gasteiger partial charge on any atom is 0.321 e. The molecule has 17 heavy (non-hydrogen) atoms. The molecule has 0 saturated carbocycles. The first kappa shape index (κ1) is 15.4. The summed E-state index contributed by atoms with van der Waals surface area (Å²) < 4.78 is 0. The lowest BCUT2D eigenvalue weighted by molar-refractivity contribution is -0.138. The Balaban J connectivity index is 3.57. The molecule has 0 atom stereocenters. The largest absolute Gasteiger partial charge is 0.481 e. The highest BCUT2D eigenvalue weighted by molar-refractivity contribution is 5.95. The van der Waals surface area contributed by atoms with Crippen molar-refractivity contribution in [2.75, 3.05) is 6.54 Å². The first-order valence-corrected chi connectivity index (χ1v) is 5.71. The van der Waals surface area contributed by atoms with Gasteiger partial charge in [-0.1, -0.05) is 13.8 Å². The summed E-state index contributed by atoms with van der Waals surface area (Å²) in [4.78, 5) is 32.4. The molecule has 0 rings (SSSR count). The average Bonchev–Trinajstić information content (AvgIpc) is 2.21. The summed E-state index contributed by atoms with van der Waals surface area (Å²) in [7, 11) is 0. The normalized spacial score (nSPS) is 10.1. The van der Waals surface area contributed by atoms with Gasteiger partial charge in [0.05, 0.1) is 6.42 Å². The molecule has 3 N–H and O–H groups in total. The van der Waals surface area contributed by atoms with E-state index in [2.05, 4.69) is 24.5 Å². The van der Waals surface area contributed by atoms with Gasteiger partial charge >= 0.3 is 12.0 Å². The van der Waals surface area contributed by atoms with Gasteiger partial charge in [0.2, 0.25) is 5.91 Å². The lowest BCUT2D eigenvalue weighted by Crippen LogP contribution is -2.39. The number of aliphatic carboxylic acids is 1. The van der Waals surface area contributed by atoms with Gasteiger partial charge in [-0.2, -0.15) is 0 Å². The monoisotopic (exact) mass is 244 g/mol. The SMILES string of the molecule is CC(C)CCCNC(=O)NC(=O)CCC(=O)O. The second kappa shape index (κ2) is 8.55. The first-order chi connectivity index (χ1) is 7.91. The van der Waals surface area contributed by atoms with E-state index < -0.39 is 17.9 Å². The molecule has 0 aromatic heterocycles. The Kier molecular flexibility index (Phi) is 7.75. The van der Waals surface area contributed by atoms with Gasteiger partial charge in [-0.3, -0.25) is 14.9 Å².